The molecule has 0 saturated heterocycles. The highest BCUT2D eigenvalue weighted by Gasteiger charge is 2.22. The Balaban J connectivity index is 2.52. The normalized spacial score (nSPS) is 13.2. The first-order valence-corrected chi connectivity index (χ1v) is 6.84. The summed E-state index contributed by atoms with van der Waals surface area (Å²) in [4.78, 5) is 11.8. The molecule has 0 aliphatic heterocycles. The van der Waals surface area contributed by atoms with Crippen molar-refractivity contribution in [3.05, 3.63) is 33.8 Å². The quantitative estimate of drug-likeness (QED) is 0.898. The molecule has 1 amide bonds. The van der Waals surface area contributed by atoms with Crippen molar-refractivity contribution in [2.24, 2.45) is 5.41 Å². The van der Waals surface area contributed by atoms with Crippen LogP contribution in [0.3, 0.4) is 0 Å². The van der Waals surface area contributed by atoms with Crippen LogP contribution in [-0.4, -0.2) is 23.7 Å². The lowest BCUT2D eigenvalue weighted by atomic mass is 9.89. The third kappa shape index (κ3) is 5.39. The number of halogens is 2. The average molecular weight is 304 g/mol. The molecule has 0 fully saturated rings. The van der Waals surface area contributed by atoms with Gasteiger partial charge in [0, 0.05) is 16.6 Å². The summed E-state index contributed by atoms with van der Waals surface area (Å²) in [5.74, 6) is -0.174. The summed E-state index contributed by atoms with van der Waals surface area (Å²) >= 11 is 11.8. The molecule has 5 heteroatoms. The number of rotatable bonds is 4. The van der Waals surface area contributed by atoms with Gasteiger partial charge in [-0.1, -0.05) is 50.0 Å². The number of aliphatic hydroxyl groups excluding tert-OH is 1. The molecule has 1 rings (SSSR count). The fourth-order valence-corrected chi connectivity index (χ4v) is 1.89. The molecule has 0 bridgehead atoms. The fraction of sp³-hybridized carbons (Fsp3) is 0.500. The first-order valence-electron chi connectivity index (χ1n) is 6.09. The van der Waals surface area contributed by atoms with Gasteiger partial charge in [-0.05, 0) is 23.1 Å². The van der Waals surface area contributed by atoms with Gasteiger partial charge in [0.2, 0.25) is 5.91 Å². The highest BCUT2D eigenvalue weighted by atomic mass is 35.5. The smallest absolute Gasteiger partial charge is 0.224 e. The summed E-state index contributed by atoms with van der Waals surface area (Å²) < 4.78 is 0. The van der Waals surface area contributed by atoms with E-state index < -0.39 is 6.10 Å². The molecule has 1 unspecified atom stereocenters. The maximum absolute atomic E-state index is 11.8. The first-order chi connectivity index (χ1) is 8.70. The molecule has 0 saturated carbocycles. The molecular weight excluding hydrogens is 285 g/mol. The fourth-order valence-electron chi connectivity index (χ4n) is 1.42. The Bertz CT molecular complexity index is 455. The zero-order chi connectivity index (χ0) is 14.6. The zero-order valence-corrected chi connectivity index (χ0v) is 12.8. The second kappa shape index (κ2) is 6.60. The molecule has 0 aromatic heterocycles. The molecule has 1 aromatic rings. The number of carbonyl (C=O) groups excluding carboxylic acids is 1. The summed E-state index contributed by atoms with van der Waals surface area (Å²) in [6, 6.07) is 5.03. The maximum Gasteiger partial charge on any atom is 0.224 e. The Labute approximate surface area is 123 Å². The monoisotopic (exact) mass is 303 g/mol. The maximum atomic E-state index is 11.8. The zero-order valence-electron chi connectivity index (χ0n) is 11.3. The minimum atomic E-state index is -0.586. The molecule has 106 valence electrons. The summed E-state index contributed by atoms with van der Waals surface area (Å²) in [5, 5.41) is 13.5. The van der Waals surface area contributed by atoms with Crippen molar-refractivity contribution in [3.8, 4) is 0 Å². The highest BCUT2D eigenvalue weighted by molar-refractivity contribution is 6.35. The van der Waals surface area contributed by atoms with E-state index in [1.165, 1.54) is 0 Å². The van der Waals surface area contributed by atoms with Crippen LogP contribution in [0.5, 0.6) is 0 Å². The van der Waals surface area contributed by atoms with Crippen LogP contribution < -0.4 is 5.32 Å². The van der Waals surface area contributed by atoms with Crippen LogP contribution in [0.1, 0.15) is 26.3 Å². The third-order valence-corrected chi connectivity index (χ3v) is 3.45. The van der Waals surface area contributed by atoms with Crippen molar-refractivity contribution in [1.82, 2.24) is 5.32 Å². The van der Waals surface area contributed by atoms with Gasteiger partial charge in [0.15, 0.2) is 0 Å². The van der Waals surface area contributed by atoms with E-state index in [1.807, 2.05) is 20.8 Å². The molecule has 1 aromatic carbocycles. The Morgan fingerprint density at radius 2 is 2.00 bits per heavy atom. The Hall–Kier alpha value is -0.770. The van der Waals surface area contributed by atoms with Crippen LogP contribution in [0.25, 0.3) is 0 Å². The number of nitrogens with one attached hydrogen (secondary N) is 1. The summed E-state index contributed by atoms with van der Waals surface area (Å²) in [6.07, 6.45) is -0.413. The average Bonchev–Trinajstić information content (AvgIpc) is 2.28. The van der Waals surface area contributed by atoms with Gasteiger partial charge < -0.3 is 10.4 Å². The van der Waals surface area contributed by atoms with Crippen molar-refractivity contribution in [1.29, 1.82) is 0 Å². The van der Waals surface area contributed by atoms with Gasteiger partial charge in [-0.3, -0.25) is 4.79 Å². The number of aliphatic hydroxyl groups is 1. The Morgan fingerprint density at radius 1 is 1.37 bits per heavy atom. The molecule has 0 radical (unpaired) electrons. The third-order valence-electron chi connectivity index (χ3n) is 2.86. The van der Waals surface area contributed by atoms with Crippen LogP contribution in [0.2, 0.25) is 10.0 Å². The second-order valence-electron chi connectivity index (χ2n) is 5.60. The van der Waals surface area contributed by atoms with Crippen molar-refractivity contribution in [2.45, 2.75) is 33.3 Å². The van der Waals surface area contributed by atoms with Gasteiger partial charge in [-0.25, -0.2) is 0 Å². The standard InChI is InChI=1S/C14H19Cl2NO2/c1-14(2,3)12(18)8-17-13(19)6-9-4-5-10(15)7-11(9)16/h4-5,7,12,18H,6,8H2,1-3H3,(H,17,19). The lowest BCUT2D eigenvalue weighted by Gasteiger charge is -2.25. The van der Waals surface area contributed by atoms with E-state index in [2.05, 4.69) is 5.32 Å². The molecule has 0 spiro atoms. The van der Waals surface area contributed by atoms with Crippen LogP contribution in [0.15, 0.2) is 18.2 Å². The molecular formula is C14H19Cl2NO2. The van der Waals surface area contributed by atoms with E-state index in [1.54, 1.807) is 18.2 Å². The van der Waals surface area contributed by atoms with Gasteiger partial charge in [0.05, 0.1) is 12.5 Å². The molecule has 0 aliphatic rings. The van der Waals surface area contributed by atoms with Crippen molar-refractivity contribution >= 4 is 29.1 Å². The Morgan fingerprint density at radius 3 is 2.53 bits per heavy atom. The molecule has 0 heterocycles. The van der Waals surface area contributed by atoms with Crippen molar-refractivity contribution in [2.75, 3.05) is 6.54 Å². The van der Waals surface area contributed by atoms with E-state index in [0.717, 1.165) is 0 Å². The topological polar surface area (TPSA) is 49.3 Å². The largest absolute Gasteiger partial charge is 0.391 e. The Kier molecular flexibility index (Phi) is 5.65. The van der Waals surface area contributed by atoms with E-state index in [9.17, 15) is 9.90 Å². The number of amides is 1. The molecule has 1 atom stereocenters. The van der Waals surface area contributed by atoms with E-state index in [4.69, 9.17) is 23.2 Å². The summed E-state index contributed by atoms with van der Waals surface area (Å²) in [5.41, 5.74) is 0.458. The number of benzene rings is 1. The van der Waals surface area contributed by atoms with Crippen LogP contribution >= 0.6 is 23.2 Å². The first kappa shape index (κ1) is 16.3. The molecule has 19 heavy (non-hydrogen) atoms. The summed E-state index contributed by atoms with van der Waals surface area (Å²) in [6.45, 7) is 5.98. The van der Waals surface area contributed by atoms with Gasteiger partial charge >= 0.3 is 0 Å². The van der Waals surface area contributed by atoms with Gasteiger partial charge in [0.25, 0.3) is 0 Å². The molecule has 3 nitrogen and oxygen atoms in total. The molecule has 0 aliphatic carbocycles. The number of carbonyl (C=O) groups is 1. The van der Waals surface area contributed by atoms with Gasteiger partial charge in [-0.2, -0.15) is 0 Å². The summed E-state index contributed by atoms with van der Waals surface area (Å²) in [7, 11) is 0. The van der Waals surface area contributed by atoms with Crippen LogP contribution in [0.4, 0.5) is 0 Å². The van der Waals surface area contributed by atoms with Crippen molar-refractivity contribution in [3.63, 3.8) is 0 Å². The van der Waals surface area contributed by atoms with E-state index in [-0.39, 0.29) is 24.3 Å². The van der Waals surface area contributed by atoms with E-state index >= 15 is 0 Å². The van der Waals surface area contributed by atoms with Crippen LogP contribution in [0, 0.1) is 5.41 Å². The minimum absolute atomic E-state index is 0.173. The van der Waals surface area contributed by atoms with E-state index in [0.29, 0.717) is 15.6 Å². The lowest BCUT2D eigenvalue weighted by Crippen LogP contribution is -2.39. The van der Waals surface area contributed by atoms with Crippen LogP contribution in [-0.2, 0) is 11.2 Å². The van der Waals surface area contributed by atoms with Gasteiger partial charge in [-0.15, -0.1) is 0 Å². The predicted molar refractivity (Wildman–Crippen MR) is 78.6 cm³/mol. The molecule has 2 N–H and O–H groups in total. The SMILES string of the molecule is CC(C)(C)C(O)CNC(=O)Cc1ccc(Cl)cc1Cl. The van der Waals surface area contributed by atoms with Gasteiger partial charge in [0.1, 0.15) is 0 Å². The van der Waals surface area contributed by atoms with Crippen molar-refractivity contribution < 1.29 is 9.90 Å². The number of hydrogen-bond donors (Lipinski definition) is 2. The minimum Gasteiger partial charge on any atom is -0.391 e. The predicted octanol–water partition coefficient (Wildman–Crippen LogP) is 3.06. The second-order valence-corrected chi connectivity index (χ2v) is 6.44. The number of hydrogen-bond acceptors (Lipinski definition) is 2. The highest BCUT2D eigenvalue weighted by Crippen LogP contribution is 2.21. The lowest BCUT2D eigenvalue weighted by molar-refractivity contribution is -0.121.